The molecule has 0 aliphatic heterocycles. The van der Waals surface area contributed by atoms with Gasteiger partial charge in [0.15, 0.2) is 0 Å². The molecule has 1 N–H and O–H groups in total. The van der Waals surface area contributed by atoms with Crippen LogP contribution in [0.25, 0.3) is 0 Å². The van der Waals surface area contributed by atoms with Crippen LogP contribution in [0, 0.1) is 5.92 Å². The molecule has 5 heteroatoms. The van der Waals surface area contributed by atoms with Crippen molar-refractivity contribution in [1.82, 2.24) is 15.2 Å². The van der Waals surface area contributed by atoms with E-state index in [1.165, 1.54) is 0 Å². The highest BCUT2D eigenvalue weighted by Gasteiger charge is 2.14. The van der Waals surface area contributed by atoms with Crippen LogP contribution < -0.4 is 5.32 Å². The molecule has 0 atom stereocenters. The fourth-order valence-electron chi connectivity index (χ4n) is 2.36. The first-order chi connectivity index (χ1) is 12.0. The highest BCUT2D eigenvalue weighted by Crippen LogP contribution is 2.09. The Morgan fingerprint density at radius 2 is 1.80 bits per heavy atom. The maximum Gasteiger partial charge on any atom is 0.253 e. The first kappa shape index (κ1) is 18.6. The Hall–Kier alpha value is -2.69. The van der Waals surface area contributed by atoms with Crippen molar-refractivity contribution in [2.75, 3.05) is 20.1 Å². The summed E-state index contributed by atoms with van der Waals surface area (Å²) in [6, 6.07) is 10.7. The van der Waals surface area contributed by atoms with Crippen LogP contribution in [0.15, 0.2) is 48.8 Å². The summed E-state index contributed by atoms with van der Waals surface area (Å²) in [4.78, 5) is 30.4. The Balaban J connectivity index is 1.98. The molecule has 1 aromatic heterocycles. The van der Waals surface area contributed by atoms with Crippen LogP contribution in [0.2, 0.25) is 0 Å². The summed E-state index contributed by atoms with van der Waals surface area (Å²) in [6.45, 7) is 5.30. The van der Waals surface area contributed by atoms with Gasteiger partial charge in [-0.1, -0.05) is 19.9 Å². The number of carbonyl (C=O) groups is 2. The van der Waals surface area contributed by atoms with E-state index in [1.807, 2.05) is 26.0 Å². The summed E-state index contributed by atoms with van der Waals surface area (Å²) in [6.07, 6.45) is 4.26. The lowest BCUT2D eigenvalue weighted by Crippen LogP contribution is -2.30. The van der Waals surface area contributed by atoms with Crippen molar-refractivity contribution < 1.29 is 9.59 Å². The van der Waals surface area contributed by atoms with E-state index in [-0.39, 0.29) is 11.8 Å². The Kier molecular flexibility index (Phi) is 6.69. The molecule has 1 aromatic carbocycles. The molecule has 25 heavy (non-hydrogen) atoms. The Morgan fingerprint density at radius 3 is 2.48 bits per heavy atom. The summed E-state index contributed by atoms with van der Waals surface area (Å²) in [5, 5.41) is 2.87. The number of aromatic nitrogens is 1. The number of nitrogens with one attached hydrogen (secondary N) is 1. The molecule has 0 fully saturated rings. The van der Waals surface area contributed by atoms with Crippen LogP contribution in [-0.2, 0) is 6.42 Å². The fraction of sp³-hybridized carbons (Fsp3) is 0.350. The molecular formula is C20H25N3O2. The van der Waals surface area contributed by atoms with E-state index in [0.29, 0.717) is 30.1 Å². The third kappa shape index (κ3) is 5.71. The minimum atomic E-state index is -0.150. The second kappa shape index (κ2) is 8.97. The fourth-order valence-corrected chi connectivity index (χ4v) is 2.36. The Labute approximate surface area is 149 Å². The third-order valence-electron chi connectivity index (χ3n) is 3.87. The van der Waals surface area contributed by atoms with Gasteiger partial charge >= 0.3 is 0 Å². The molecule has 132 valence electrons. The highest BCUT2D eigenvalue weighted by molar-refractivity contribution is 5.99. The van der Waals surface area contributed by atoms with Crippen LogP contribution in [0.5, 0.6) is 0 Å². The maximum atomic E-state index is 12.6. The second-order valence-electron chi connectivity index (χ2n) is 6.52. The van der Waals surface area contributed by atoms with Crippen LogP contribution in [0.1, 0.15) is 40.1 Å². The standard InChI is InChI=1S/C20H25N3O2/c1-15(2)14-22-19(24)17-5-4-6-18(13-17)20(25)23(3)12-9-16-7-10-21-11-8-16/h4-8,10-11,13,15H,9,12,14H2,1-3H3,(H,22,24). The molecule has 0 aliphatic carbocycles. The molecule has 5 nitrogen and oxygen atoms in total. The highest BCUT2D eigenvalue weighted by atomic mass is 16.2. The smallest absolute Gasteiger partial charge is 0.253 e. The topological polar surface area (TPSA) is 62.3 Å². The van der Waals surface area contributed by atoms with Gasteiger partial charge in [-0.3, -0.25) is 14.6 Å². The normalized spacial score (nSPS) is 10.6. The van der Waals surface area contributed by atoms with E-state index in [0.717, 1.165) is 12.0 Å². The summed E-state index contributed by atoms with van der Waals surface area (Å²) < 4.78 is 0. The molecule has 1 heterocycles. The number of likely N-dealkylation sites (N-methyl/N-ethyl adjacent to an activating group) is 1. The van der Waals surface area contributed by atoms with E-state index in [2.05, 4.69) is 10.3 Å². The summed E-state index contributed by atoms with van der Waals surface area (Å²) in [5.74, 6) is 0.142. The molecule has 2 rings (SSSR count). The Morgan fingerprint density at radius 1 is 1.12 bits per heavy atom. The van der Waals surface area contributed by atoms with Gasteiger partial charge in [-0.05, 0) is 48.2 Å². The average molecular weight is 339 g/mol. The van der Waals surface area contributed by atoms with E-state index in [4.69, 9.17) is 0 Å². The lowest BCUT2D eigenvalue weighted by molar-refractivity contribution is 0.0796. The molecule has 0 bridgehead atoms. The van der Waals surface area contributed by atoms with Crippen molar-refractivity contribution in [1.29, 1.82) is 0 Å². The number of benzene rings is 1. The maximum absolute atomic E-state index is 12.6. The molecule has 0 spiro atoms. The number of pyridine rings is 1. The van der Waals surface area contributed by atoms with Gasteiger partial charge in [-0.15, -0.1) is 0 Å². The van der Waals surface area contributed by atoms with Gasteiger partial charge in [0.1, 0.15) is 0 Å². The van der Waals surface area contributed by atoms with Gasteiger partial charge in [-0.2, -0.15) is 0 Å². The number of hydrogen-bond donors (Lipinski definition) is 1. The summed E-state index contributed by atoms with van der Waals surface area (Å²) in [5.41, 5.74) is 2.17. The molecule has 0 saturated carbocycles. The van der Waals surface area contributed by atoms with E-state index in [1.54, 1.807) is 48.6 Å². The largest absolute Gasteiger partial charge is 0.352 e. The van der Waals surface area contributed by atoms with Crippen LogP contribution in [0.3, 0.4) is 0 Å². The number of hydrogen-bond acceptors (Lipinski definition) is 3. The van der Waals surface area contributed by atoms with Crippen molar-refractivity contribution >= 4 is 11.8 Å². The minimum absolute atomic E-state index is 0.0902. The predicted molar refractivity (Wildman–Crippen MR) is 98.5 cm³/mol. The molecule has 0 saturated heterocycles. The molecular weight excluding hydrogens is 314 g/mol. The lowest BCUT2D eigenvalue weighted by Gasteiger charge is -2.17. The van der Waals surface area contributed by atoms with Crippen molar-refractivity contribution in [2.45, 2.75) is 20.3 Å². The zero-order valence-electron chi connectivity index (χ0n) is 15.0. The van der Waals surface area contributed by atoms with Crippen molar-refractivity contribution in [3.8, 4) is 0 Å². The van der Waals surface area contributed by atoms with E-state index >= 15 is 0 Å². The lowest BCUT2D eigenvalue weighted by atomic mass is 10.1. The van der Waals surface area contributed by atoms with Crippen LogP contribution in [-0.4, -0.2) is 41.8 Å². The van der Waals surface area contributed by atoms with Gasteiger partial charge in [0.05, 0.1) is 0 Å². The molecule has 0 radical (unpaired) electrons. The van der Waals surface area contributed by atoms with Gasteiger partial charge in [0.25, 0.3) is 11.8 Å². The molecule has 2 aromatic rings. The third-order valence-corrected chi connectivity index (χ3v) is 3.87. The van der Waals surface area contributed by atoms with Gasteiger partial charge < -0.3 is 10.2 Å². The zero-order valence-corrected chi connectivity index (χ0v) is 15.0. The van der Waals surface area contributed by atoms with Crippen LogP contribution in [0.4, 0.5) is 0 Å². The summed E-state index contributed by atoms with van der Waals surface area (Å²) >= 11 is 0. The van der Waals surface area contributed by atoms with E-state index in [9.17, 15) is 9.59 Å². The monoisotopic (exact) mass is 339 g/mol. The van der Waals surface area contributed by atoms with Crippen molar-refractivity contribution in [3.63, 3.8) is 0 Å². The number of rotatable bonds is 7. The van der Waals surface area contributed by atoms with Crippen molar-refractivity contribution in [2.24, 2.45) is 5.92 Å². The number of amides is 2. The second-order valence-corrected chi connectivity index (χ2v) is 6.52. The molecule has 0 aliphatic rings. The number of nitrogens with zero attached hydrogens (tertiary/aromatic N) is 2. The first-order valence-electron chi connectivity index (χ1n) is 8.50. The van der Waals surface area contributed by atoms with Gasteiger partial charge in [0, 0.05) is 43.7 Å². The average Bonchev–Trinajstić information content (AvgIpc) is 2.64. The minimum Gasteiger partial charge on any atom is -0.352 e. The predicted octanol–water partition coefficient (Wildman–Crippen LogP) is 2.78. The summed E-state index contributed by atoms with van der Waals surface area (Å²) in [7, 11) is 1.77. The number of carbonyl (C=O) groups excluding carboxylic acids is 2. The molecule has 2 amide bonds. The SMILES string of the molecule is CC(C)CNC(=O)c1cccc(C(=O)N(C)CCc2ccncc2)c1. The van der Waals surface area contributed by atoms with Gasteiger partial charge in [0.2, 0.25) is 0 Å². The molecule has 0 unspecified atom stereocenters. The van der Waals surface area contributed by atoms with Crippen LogP contribution >= 0.6 is 0 Å². The zero-order chi connectivity index (χ0) is 18.2. The van der Waals surface area contributed by atoms with Crippen molar-refractivity contribution in [3.05, 3.63) is 65.5 Å². The first-order valence-corrected chi connectivity index (χ1v) is 8.50. The Bertz CT molecular complexity index is 714. The van der Waals surface area contributed by atoms with Gasteiger partial charge in [-0.25, -0.2) is 0 Å². The van der Waals surface area contributed by atoms with E-state index < -0.39 is 0 Å². The quantitative estimate of drug-likeness (QED) is 0.844.